The zero-order valence-corrected chi connectivity index (χ0v) is 22.5. The predicted octanol–water partition coefficient (Wildman–Crippen LogP) is 4.45. The second-order valence-corrected chi connectivity index (χ2v) is 11.4. The van der Waals surface area contributed by atoms with Gasteiger partial charge in [-0.2, -0.15) is 5.26 Å². The van der Waals surface area contributed by atoms with Crippen LogP contribution < -0.4 is 10.5 Å². The van der Waals surface area contributed by atoms with E-state index in [-0.39, 0.29) is 23.1 Å². The Balaban J connectivity index is 1.80. The molecular formula is C26H34N4O3S2. The molecule has 0 aliphatic carbocycles. The maximum absolute atomic E-state index is 13.4. The molecule has 3 saturated heterocycles. The second-order valence-electron chi connectivity index (χ2n) is 9.76. The normalized spacial score (nSPS) is 22.5. The molecule has 1 amide bonds. The zero-order chi connectivity index (χ0) is 25.1. The Morgan fingerprint density at radius 2 is 2.00 bits per heavy atom. The summed E-state index contributed by atoms with van der Waals surface area (Å²) in [4.78, 5) is 31.2. The van der Waals surface area contributed by atoms with E-state index in [9.17, 15) is 14.9 Å². The van der Waals surface area contributed by atoms with Crippen molar-refractivity contribution < 1.29 is 9.53 Å². The Morgan fingerprint density at radius 3 is 2.63 bits per heavy atom. The van der Waals surface area contributed by atoms with Gasteiger partial charge in [-0.15, -0.1) is 0 Å². The van der Waals surface area contributed by atoms with E-state index in [0.29, 0.717) is 33.8 Å². The lowest BCUT2D eigenvalue weighted by molar-refractivity contribution is -0.123. The number of anilines is 1. The van der Waals surface area contributed by atoms with E-state index >= 15 is 0 Å². The van der Waals surface area contributed by atoms with E-state index < -0.39 is 0 Å². The maximum atomic E-state index is 13.4. The number of thiocarbonyl (C=S) groups is 1. The summed E-state index contributed by atoms with van der Waals surface area (Å²) in [5.74, 6) is 1.34. The topological polar surface area (TPSA) is 78.6 Å². The number of nitriles is 1. The fraction of sp³-hybridized carbons (Fsp3) is 0.615. The van der Waals surface area contributed by atoms with Gasteiger partial charge in [-0.3, -0.25) is 19.1 Å². The number of nitrogens with zero attached hydrogens (tertiary/aromatic N) is 4. The van der Waals surface area contributed by atoms with Crippen molar-refractivity contribution in [3.8, 4) is 6.07 Å². The van der Waals surface area contributed by atoms with Crippen LogP contribution in [0.3, 0.4) is 0 Å². The fourth-order valence-corrected chi connectivity index (χ4v) is 6.27. The lowest BCUT2D eigenvalue weighted by Gasteiger charge is -2.35. The first kappa shape index (κ1) is 25.9. The summed E-state index contributed by atoms with van der Waals surface area (Å²) in [6.45, 7) is 9.60. The molecule has 1 unspecified atom stereocenters. The van der Waals surface area contributed by atoms with E-state index in [1.54, 1.807) is 9.47 Å². The van der Waals surface area contributed by atoms with Crippen molar-refractivity contribution in [3.05, 3.63) is 31.9 Å². The molecule has 4 heterocycles. The first-order valence-electron chi connectivity index (χ1n) is 12.6. The average Bonchev–Trinajstić information content (AvgIpc) is 3.45. The smallest absolute Gasteiger partial charge is 0.270 e. The van der Waals surface area contributed by atoms with Crippen molar-refractivity contribution in [2.45, 2.75) is 71.9 Å². The molecule has 4 rings (SSSR count). The van der Waals surface area contributed by atoms with Crippen LogP contribution in [-0.4, -0.2) is 52.0 Å². The fourth-order valence-electron chi connectivity index (χ4n) is 5.01. The summed E-state index contributed by atoms with van der Waals surface area (Å²) in [6.07, 6.45) is 7.69. The van der Waals surface area contributed by atoms with Crippen LogP contribution in [0.2, 0.25) is 0 Å². The molecule has 1 atom stereocenters. The Morgan fingerprint density at radius 1 is 1.26 bits per heavy atom. The molecule has 188 valence electrons. The summed E-state index contributed by atoms with van der Waals surface area (Å²) in [6, 6.07) is 2.13. The van der Waals surface area contributed by atoms with Crippen molar-refractivity contribution in [3.63, 3.8) is 0 Å². The molecule has 35 heavy (non-hydrogen) atoms. The van der Waals surface area contributed by atoms with E-state index in [2.05, 4.69) is 24.8 Å². The summed E-state index contributed by atoms with van der Waals surface area (Å²) in [5.41, 5.74) is 1.32. The van der Waals surface area contributed by atoms with Gasteiger partial charge < -0.3 is 9.64 Å². The van der Waals surface area contributed by atoms with Crippen LogP contribution in [0.15, 0.2) is 9.70 Å². The van der Waals surface area contributed by atoms with Crippen molar-refractivity contribution >= 4 is 46.1 Å². The number of ether oxygens (including phenoxy) is 1. The third-order valence-corrected chi connectivity index (χ3v) is 8.60. The predicted molar refractivity (Wildman–Crippen MR) is 145 cm³/mol. The monoisotopic (exact) mass is 514 g/mol. The largest absolute Gasteiger partial charge is 0.376 e. The van der Waals surface area contributed by atoms with Gasteiger partial charge in [0, 0.05) is 31.8 Å². The summed E-state index contributed by atoms with van der Waals surface area (Å²) < 4.78 is 8.02. The SMILES string of the molecule is CCCCn1c(N2CCC(C)CC2)c(/C=C2\SC(=S)N(CC3CCCO3)C2=O)c(C)c(C#N)c1=O. The molecule has 0 aromatic carbocycles. The molecule has 3 aliphatic heterocycles. The zero-order valence-electron chi connectivity index (χ0n) is 20.8. The molecule has 0 saturated carbocycles. The van der Waals surface area contributed by atoms with Crippen LogP contribution >= 0.6 is 24.0 Å². The Labute approximate surface area is 217 Å². The van der Waals surface area contributed by atoms with Gasteiger partial charge in [-0.1, -0.05) is 44.2 Å². The minimum Gasteiger partial charge on any atom is -0.376 e. The number of piperidine rings is 1. The van der Waals surface area contributed by atoms with Crippen LogP contribution in [0.5, 0.6) is 0 Å². The summed E-state index contributed by atoms with van der Waals surface area (Å²) in [7, 11) is 0. The molecule has 7 nitrogen and oxygen atoms in total. The number of hydrogen-bond donors (Lipinski definition) is 0. The van der Waals surface area contributed by atoms with Gasteiger partial charge in [0.1, 0.15) is 21.8 Å². The number of carbonyl (C=O) groups excluding carboxylic acids is 1. The number of aromatic nitrogens is 1. The van der Waals surface area contributed by atoms with Gasteiger partial charge in [0.15, 0.2) is 0 Å². The number of rotatable bonds is 7. The van der Waals surface area contributed by atoms with Gasteiger partial charge in [-0.25, -0.2) is 0 Å². The maximum Gasteiger partial charge on any atom is 0.270 e. The van der Waals surface area contributed by atoms with E-state index in [1.165, 1.54) is 11.8 Å². The molecule has 3 aliphatic rings. The molecule has 9 heteroatoms. The molecular weight excluding hydrogens is 480 g/mol. The number of hydrogen-bond acceptors (Lipinski definition) is 7. The highest BCUT2D eigenvalue weighted by Crippen LogP contribution is 2.37. The van der Waals surface area contributed by atoms with Gasteiger partial charge in [0.25, 0.3) is 11.5 Å². The standard InChI is InChI=1S/C26H34N4O3S2/c1-4-5-10-29-23(28-11-8-17(2)9-12-28)20(18(3)21(15-27)24(29)31)14-22-25(32)30(26(34)35-22)16-19-7-6-13-33-19/h14,17,19H,4-13,16H2,1-3H3/b22-14-. The molecule has 1 aromatic rings. The first-order chi connectivity index (χ1) is 16.8. The van der Waals surface area contributed by atoms with Crippen LogP contribution in [0.25, 0.3) is 6.08 Å². The second kappa shape index (κ2) is 11.3. The summed E-state index contributed by atoms with van der Waals surface area (Å²) >= 11 is 6.85. The van der Waals surface area contributed by atoms with Crippen molar-refractivity contribution in [2.24, 2.45) is 5.92 Å². The minimum atomic E-state index is -0.241. The lowest BCUT2D eigenvalue weighted by Crippen LogP contribution is -2.39. The van der Waals surface area contributed by atoms with Crippen LogP contribution in [0.1, 0.15) is 69.1 Å². The summed E-state index contributed by atoms with van der Waals surface area (Å²) in [5, 5.41) is 9.85. The molecule has 0 bridgehead atoms. The number of unbranched alkanes of at least 4 members (excludes halogenated alkanes) is 1. The van der Waals surface area contributed by atoms with E-state index in [1.807, 2.05) is 13.0 Å². The van der Waals surface area contributed by atoms with Gasteiger partial charge >= 0.3 is 0 Å². The molecule has 1 aromatic heterocycles. The quantitative estimate of drug-likeness (QED) is 0.393. The third kappa shape index (κ3) is 5.35. The number of thioether (sulfide) groups is 1. The van der Waals surface area contributed by atoms with Crippen LogP contribution in [-0.2, 0) is 16.1 Å². The lowest BCUT2D eigenvalue weighted by atomic mass is 9.97. The third-order valence-electron chi connectivity index (χ3n) is 7.22. The van der Waals surface area contributed by atoms with Gasteiger partial charge in [-0.05, 0) is 56.6 Å². The van der Waals surface area contributed by atoms with E-state index in [4.69, 9.17) is 17.0 Å². The van der Waals surface area contributed by atoms with Gasteiger partial charge in [0.2, 0.25) is 0 Å². The molecule has 0 spiro atoms. The van der Waals surface area contributed by atoms with Crippen molar-refractivity contribution in [1.29, 1.82) is 5.26 Å². The van der Waals surface area contributed by atoms with E-state index in [0.717, 1.165) is 69.6 Å². The number of pyridine rings is 1. The minimum absolute atomic E-state index is 0.0191. The highest BCUT2D eigenvalue weighted by molar-refractivity contribution is 8.26. The van der Waals surface area contributed by atoms with Crippen molar-refractivity contribution in [2.75, 3.05) is 31.1 Å². The average molecular weight is 515 g/mol. The van der Waals surface area contributed by atoms with Crippen molar-refractivity contribution in [1.82, 2.24) is 9.47 Å². The highest BCUT2D eigenvalue weighted by atomic mass is 32.2. The Hall–Kier alpha value is -2.15. The number of amides is 1. The molecule has 0 N–H and O–H groups in total. The molecule has 0 radical (unpaired) electrons. The highest BCUT2D eigenvalue weighted by Gasteiger charge is 2.35. The van der Waals surface area contributed by atoms with Crippen LogP contribution in [0, 0.1) is 24.2 Å². The first-order valence-corrected chi connectivity index (χ1v) is 13.9. The Bertz CT molecular complexity index is 1120. The molecule has 3 fully saturated rings. The van der Waals surface area contributed by atoms with Crippen LogP contribution in [0.4, 0.5) is 5.82 Å². The van der Waals surface area contributed by atoms with Gasteiger partial charge in [0.05, 0.1) is 17.6 Å². The Kier molecular flexibility index (Phi) is 8.35. The number of carbonyl (C=O) groups is 1.